The maximum Gasteiger partial charge on any atom is 0.311 e. The van der Waals surface area contributed by atoms with Crippen molar-refractivity contribution in [1.82, 2.24) is 0 Å². The molecule has 0 fully saturated rings. The van der Waals surface area contributed by atoms with Crippen LogP contribution in [0.15, 0.2) is 24.3 Å². The Hall–Kier alpha value is -1.84. The van der Waals surface area contributed by atoms with Gasteiger partial charge < -0.3 is 14.6 Å². The molecular weight excluding hydrogens is 196 g/mol. The Morgan fingerprint density at radius 3 is 2.93 bits per heavy atom. The zero-order chi connectivity index (χ0) is 10.8. The second-order valence-corrected chi connectivity index (χ2v) is 3.49. The first-order chi connectivity index (χ1) is 7.16. The summed E-state index contributed by atoms with van der Waals surface area (Å²) in [5.74, 6) is -1.41. The summed E-state index contributed by atoms with van der Waals surface area (Å²) < 4.78 is 4.99. The molecule has 15 heavy (non-hydrogen) atoms. The maximum atomic E-state index is 11.2. The third-order valence-corrected chi connectivity index (χ3v) is 2.41. The summed E-state index contributed by atoms with van der Waals surface area (Å²) in [6, 6.07) is 6.97. The van der Waals surface area contributed by atoms with Gasteiger partial charge in [-0.25, -0.2) is 0 Å². The molecule has 0 bridgehead atoms. The van der Waals surface area contributed by atoms with E-state index < -0.39 is 5.97 Å². The summed E-state index contributed by atoms with van der Waals surface area (Å²) in [6.45, 7) is 0. The van der Waals surface area contributed by atoms with E-state index in [4.69, 9.17) is 4.74 Å². The largest absolute Gasteiger partial charge is 0.550 e. The Morgan fingerprint density at radius 2 is 2.20 bits per heavy atom. The zero-order valence-electron chi connectivity index (χ0n) is 7.93. The SMILES string of the molecule is O=C([O-])C[C@@H]1CC(=O)Oc2ccccc21. The third kappa shape index (κ3) is 1.98. The van der Waals surface area contributed by atoms with Gasteiger partial charge in [-0.15, -0.1) is 0 Å². The molecule has 0 N–H and O–H groups in total. The number of benzene rings is 1. The van der Waals surface area contributed by atoms with E-state index in [1.807, 2.05) is 0 Å². The molecule has 2 rings (SSSR count). The van der Waals surface area contributed by atoms with Crippen molar-refractivity contribution in [2.45, 2.75) is 18.8 Å². The molecule has 1 aromatic rings. The predicted octanol–water partition coefficient (Wildman–Crippen LogP) is 0.219. The molecule has 1 aliphatic heterocycles. The Balaban J connectivity index is 2.33. The number of aliphatic carboxylic acids is 1. The number of ether oxygens (including phenoxy) is 1. The van der Waals surface area contributed by atoms with Gasteiger partial charge in [-0.2, -0.15) is 0 Å². The number of esters is 1. The molecule has 0 saturated heterocycles. The van der Waals surface area contributed by atoms with Crippen molar-refractivity contribution in [3.8, 4) is 5.75 Å². The molecule has 0 saturated carbocycles. The molecule has 0 radical (unpaired) electrons. The second kappa shape index (κ2) is 3.73. The van der Waals surface area contributed by atoms with Gasteiger partial charge in [0.1, 0.15) is 5.75 Å². The highest BCUT2D eigenvalue weighted by molar-refractivity contribution is 5.78. The van der Waals surface area contributed by atoms with Crippen molar-refractivity contribution in [3.63, 3.8) is 0 Å². The zero-order valence-corrected chi connectivity index (χ0v) is 7.93. The fourth-order valence-corrected chi connectivity index (χ4v) is 1.77. The number of hydrogen-bond acceptors (Lipinski definition) is 4. The quantitative estimate of drug-likeness (QED) is 0.511. The Bertz CT molecular complexity index is 411. The highest BCUT2D eigenvalue weighted by Crippen LogP contribution is 2.35. The molecule has 0 aliphatic carbocycles. The molecule has 4 nitrogen and oxygen atoms in total. The van der Waals surface area contributed by atoms with Crippen LogP contribution in [-0.4, -0.2) is 11.9 Å². The molecule has 0 spiro atoms. The van der Waals surface area contributed by atoms with E-state index in [1.165, 1.54) is 0 Å². The Kier molecular flexibility index (Phi) is 2.41. The average Bonchev–Trinajstić information content (AvgIpc) is 2.16. The van der Waals surface area contributed by atoms with Crippen LogP contribution in [0.2, 0.25) is 0 Å². The van der Waals surface area contributed by atoms with Crippen LogP contribution in [-0.2, 0) is 9.59 Å². The molecule has 0 amide bonds. The van der Waals surface area contributed by atoms with Gasteiger partial charge in [0.25, 0.3) is 0 Å². The number of fused-ring (bicyclic) bond motifs is 1. The Morgan fingerprint density at radius 1 is 1.47 bits per heavy atom. The van der Waals surface area contributed by atoms with Gasteiger partial charge in [0, 0.05) is 11.9 Å². The predicted molar refractivity (Wildman–Crippen MR) is 49.1 cm³/mol. The van der Waals surface area contributed by atoms with Crippen LogP contribution >= 0.6 is 0 Å². The first-order valence-electron chi connectivity index (χ1n) is 4.66. The summed E-state index contributed by atoms with van der Waals surface area (Å²) in [6.07, 6.45) is -0.0445. The minimum Gasteiger partial charge on any atom is -0.550 e. The van der Waals surface area contributed by atoms with Crippen molar-refractivity contribution < 1.29 is 19.4 Å². The lowest BCUT2D eigenvalue weighted by Gasteiger charge is -2.24. The summed E-state index contributed by atoms with van der Waals surface area (Å²) in [7, 11) is 0. The van der Waals surface area contributed by atoms with Crippen LogP contribution in [0.3, 0.4) is 0 Å². The van der Waals surface area contributed by atoms with Gasteiger partial charge in [0.15, 0.2) is 0 Å². The lowest BCUT2D eigenvalue weighted by molar-refractivity contribution is -0.306. The van der Waals surface area contributed by atoms with E-state index in [0.717, 1.165) is 5.56 Å². The summed E-state index contributed by atoms with van der Waals surface area (Å²) >= 11 is 0. The minimum absolute atomic E-state index is 0.102. The van der Waals surface area contributed by atoms with Crippen molar-refractivity contribution >= 4 is 11.9 Å². The number of carboxylic acids is 1. The number of hydrogen-bond donors (Lipinski definition) is 0. The van der Waals surface area contributed by atoms with Crippen molar-refractivity contribution in [2.24, 2.45) is 0 Å². The van der Waals surface area contributed by atoms with E-state index in [2.05, 4.69) is 0 Å². The normalized spacial score (nSPS) is 19.2. The maximum absolute atomic E-state index is 11.2. The number of carbonyl (C=O) groups excluding carboxylic acids is 2. The van der Waals surface area contributed by atoms with Gasteiger partial charge in [-0.3, -0.25) is 4.79 Å². The van der Waals surface area contributed by atoms with Gasteiger partial charge in [0.05, 0.1) is 6.42 Å². The minimum atomic E-state index is -1.15. The standard InChI is InChI=1S/C11H10O4/c12-10(13)5-7-6-11(14)15-9-4-2-1-3-8(7)9/h1-4,7H,5-6H2,(H,12,13)/p-1/t7-/m1/s1. The molecule has 1 atom stereocenters. The molecule has 1 aliphatic rings. The number of rotatable bonds is 2. The fraction of sp³-hybridized carbons (Fsp3) is 0.273. The first-order valence-corrected chi connectivity index (χ1v) is 4.66. The van der Waals surface area contributed by atoms with Crippen LogP contribution in [0.25, 0.3) is 0 Å². The molecule has 0 unspecified atom stereocenters. The van der Waals surface area contributed by atoms with Gasteiger partial charge in [-0.05, 0) is 18.1 Å². The lowest BCUT2D eigenvalue weighted by Crippen LogP contribution is -2.28. The monoisotopic (exact) mass is 205 g/mol. The van der Waals surface area contributed by atoms with E-state index in [0.29, 0.717) is 5.75 Å². The Labute approximate surface area is 86.5 Å². The van der Waals surface area contributed by atoms with Crippen LogP contribution < -0.4 is 9.84 Å². The first kappa shape index (κ1) is 9.71. The number of carboxylic acid groups (broad SMARTS) is 1. The summed E-state index contributed by atoms with van der Waals surface area (Å²) in [5.41, 5.74) is 0.765. The van der Waals surface area contributed by atoms with Crippen molar-refractivity contribution in [3.05, 3.63) is 29.8 Å². The molecular formula is C11H9O4-. The van der Waals surface area contributed by atoms with Crippen LogP contribution in [0, 0.1) is 0 Å². The second-order valence-electron chi connectivity index (χ2n) is 3.49. The van der Waals surface area contributed by atoms with Crippen LogP contribution in [0.4, 0.5) is 0 Å². The van der Waals surface area contributed by atoms with Crippen molar-refractivity contribution in [1.29, 1.82) is 0 Å². The van der Waals surface area contributed by atoms with Crippen molar-refractivity contribution in [2.75, 3.05) is 0 Å². The molecule has 78 valence electrons. The van der Waals surface area contributed by atoms with E-state index in [9.17, 15) is 14.7 Å². The molecule has 1 aromatic carbocycles. The molecule has 4 heteroatoms. The van der Waals surface area contributed by atoms with E-state index in [1.54, 1.807) is 24.3 Å². The highest BCUT2D eigenvalue weighted by atomic mass is 16.5. The van der Waals surface area contributed by atoms with Crippen LogP contribution in [0.5, 0.6) is 5.75 Å². The summed E-state index contributed by atoms with van der Waals surface area (Å²) in [5, 5.41) is 10.5. The number of para-hydroxylation sites is 1. The van der Waals surface area contributed by atoms with Gasteiger partial charge in [-0.1, -0.05) is 18.2 Å². The molecule has 1 heterocycles. The van der Waals surface area contributed by atoms with Gasteiger partial charge >= 0.3 is 5.97 Å². The fourth-order valence-electron chi connectivity index (χ4n) is 1.77. The highest BCUT2D eigenvalue weighted by Gasteiger charge is 2.26. The molecule has 0 aromatic heterocycles. The topological polar surface area (TPSA) is 66.4 Å². The van der Waals surface area contributed by atoms with Crippen LogP contribution in [0.1, 0.15) is 24.3 Å². The van der Waals surface area contributed by atoms with E-state index in [-0.39, 0.29) is 24.7 Å². The average molecular weight is 205 g/mol. The number of carbonyl (C=O) groups is 2. The third-order valence-electron chi connectivity index (χ3n) is 2.41. The summed E-state index contributed by atoms with van der Waals surface area (Å²) in [4.78, 5) is 21.7. The lowest BCUT2D eigenvalue weighted by atomic mass is 9.90. The smallest absolute Gasteiger partial charge is 0.311 e. The van der Waals surface area contributed by atoms with E-state index >= 15 is 0 Å². The van der Waals surface area contributed by atoms with Gasteiger partial charge in [0.2, 0.25) is 0 Å².